The molecule has 0 aliphatic heterocycles. The summed E-state index contributed by atoms with van der Waals surface area (Å²) in [5, 5.41) is 6.46. The Morgan fingerprint density at radius 2 is 1.83 bits per heavy atom. The van der Waals surface area contributed by atoms with Crippen LogP contribution in [0, 0.1) is 0 Å². The molecule has 0 aromatic heterocycles. The van der Waals surface area contributed by atoms with Crippen molar-refractivity contribution in [1.29, 1.82) is 0 Å². The van der Waals surface area contributed by atoms with Crippen LogP contribution in [0.2, 0.25) is 0 Å². The SMILES string of the molecule is CCC(=O)CCCCCC(CNCCc1ccccc1)NC(C)=O. The van der Waals surface area contributed by atoms with Crippen molar-refractivity contribution in [1.82, 2.24) is 10.6 Å². The molecular formula is C20H32N2O2. The van der Waals surface area contributed by atoms with E-state index in [1.165, 1.54) is 5.56 Å². The normalized spacial score (nSPS) is 11.9. The second-order valence-corrected chi connectivity index (χ2v) is 6.33. The number of hydrogen-bond acceptors (Lipinski definition) is 3. The third-order valence-electron chi connectivity index (χ3n) is 4.13. The molecule has 1 aromatic rings. The van der Waals surface area contributed by atoms with Gasteiger partial charge in [-0.2, -0.15) is 0 Å². The summed E-state index contributed by atoms with van der Waals surface area (Å²) in [6.07, 6.45) is 6.33. The van der Waals surface area contributed by atoms with Crippen LogP contribution in [0.1, 0.15) is 57.9 Å². The highest BCUT2D eigenvalue weighted by molar-refractivity contribution is 5.77. The van der Waals surface area contributed by atoms with E-state index in [0.717, 1.165) is 45.2 Å². The molecule has 4 nitrogen and oxygen atoms in total. The number of amides is 1. The van der Waals surface area contributed by atoms with Gasteiger partial charge in [0, 0.05) is 32.4 Å². The van der Waals surface area contributed by atoms with Crippen LogP contribution in [0.3, 0.4) is 0 Å². The van der Waals surface area contributed by atoms with Crippen molar-refractivity contribution in [3.05, 3.63) is 35.9 Å². The fourth-order valence-electron chi connectivity index (χ4n) is 2.73. The first-order valence-corrected chi connectivity index (χ1v) is 9.15. The molecular weight excluding hydrogens is 300 g/mol. The number of nitrogens with one attached hydrogen (secondary N) is 2. The van der Waals surface area contributed by atoms with Gasteiger partial charge in [-0.05, 0) is 31.4 Å². The molecule has 1 aromatic carbocycles. The maximum atomic E-state index is 11.3. The van der Waals surface area contributed by atoms with Crippen LogP contribution in [-0.4, -0.2) is 30.8 Å². The second kappa shape index (κ2) is 12.7. The summed E-state index contributed by atoms with van der Waals surface area (Å²) in [6, 6.07) is 10.6. The summed E-state index contributed by atoms with van der Waals surface area (Å²) in [7, 11) is 0. The van der Waals surface area contributed by atoms with Gasteiger partial charge in [-0.15, -0.1) is 0 Å². The number of hydrogen-bond donors (Lipinski definition) is 2. The molecule has 0 aliphatic carbocycles. The average Bonchev–Trinajstić information content (AvgIpc) is 2.58. The van der Waals surface area contributed by atoms with Gasteiger partial charge in [0.25, 0.3) is 0 Å². The van der Waals surface area contributed by atoms with Gasteiger partial charge >= 0.3 is 0 Å². The summed E-state index contributed by atoms with van der Waals surface area (Å²) in [6.45, 7) is 5.18. The number of carbonyl (C=O) groups is 2. The van der Waals surface area contributed by atoms with Gasteiger partial charge in [0.15, 0.2) is 0 Å². The quantitative estimate of drug-likeness (QED) is 0.545. The molecule has 2 N–H and O–H groups in total. The van der Waals surface area contributed by atoms with Crippen molar-refractivity contribution in [2.45, 2.75) is 64.8 Å². The van der Waals surface area contributed by atoms with Gasteiger partial charge in [-0.3, -0.25) is 9.59 Å². The van der Waals surface area contributed by atoms with E-state index in [0.29, 0.717) is 18.6 Å². The van der Waals surface area contributed by atoms with Gasteiger partial charge in [-0.1, -0.05) is 50.1 Å². The zero-order valence-corrected chi connectivity index (χ0v) is 15.1. The number of rotatable bonds is 13. The van der Waals surface area contributed by atoms with E-state index in [9.17, 15) is 9.59 Å². The van der Waals surface area contributed by atoms with Crippen LogP contribution < -0.4 is 10.6 Å². The molecule has 0 saturated carbocycles. The van der Waals surface area contributed by atoms with Crippen LogP contribution >= 0.6 is 0 Å². The molecule has 1 rings (SSSR count). The molecule has 24 heavy (non-hydrogen) atoms. The summed E-state index contributed by atoms with van der Waals surface area (Å²) >= 11 is 0. The first-order valence-electron chi connectivity index (χ1n) is 9.15. The molecule has 0 spiro atoms. The largest absolute Gasteiger partial charge is 0.352 e. The summed E-state index contributed by atoms with van der Waals surface area (Å²) in [4.78, 5) is 22.6. The Kier molecular flexibility index (Phi) is 10.8. The summed E-state index contributed by atoms with van der Waals surface area (Å²) in [5.74, 6) is 0.363. The first-order chi connectivity index (χ1) is 11.6. The molecule has 0 aliphatic rings. The Hall–Kier alpha value is -1.68. The van der Waals surface area contributed by atoms with Crippen LogP contribution in [0.25, 0.3) is 0 Å². The van der Waals surface area contributed by atoms with Crippen LogP contribution in [0.4, 0.5) is 0 Å². The molecule has 0 radical (unpaired) electrons. The van der Waals surface area contributed by atoms with Crippen molar-refractivity contribution in [3.63, 3.8) is 0 Å². The second-order valence-electron chi connectivity index (χ2n) is 6.33. The molecule has 0 saturated heterocycles. The van der Waals surface area contributed by atoms with Crippen molar-refractivity contribution in [2.24, 2.45) is 0 Å². The van der Waals surface area contributed by atoms with Gasteiger partial charge in [0.1, 0.15) is 5.78 Å². The standard InChI is InChI=1S/C20H32N2O2/c1-3-20(24)13-9-5-8-12-19(22-17(2)23)16-21-15-14-18-10-6-4-7-11-18/h4,6-7,10-11,19,21H,3,5,8-9,12-16H2,1-2H3,(H,22,23). The van der Waals surface area contributed by atoms with Gasteiger partial charge < -0.3 is 10.6 Å². The lowest BCUT2D eigenvalue weighted by Crippen LogP contribution is -2.41. The lowest BCUT2D eigenvalue weighted by molar-refractivity contribution is -0.120. The highest BCUT2D eigenvalue weighted by atomic mass is 16.1. The minimum absolute atomic E-state index is 0.0195. The van der Waals surface area contributed by atoms with E-state index in [2.05, 4.69) is 34.9 Å². The van der Waals surface area contributed by atoms with E-state index >= 15 is 0 Å². The predicted octanol–water partition coefficient (Wildman–Crippen LogP) is 3.25. The fourth-order valence-corrected chi connectivity index (χ4v) is 2.73. The highest BCUT2D eigenvalue weighted by Gasteiger charge is 2.09. The molecule has 1 unspecified atom stereocenters. The van der Waals surface area contributed by atoms with Gasteiger partial charge in [0.2, 0.25) is 5.91 Å². The zero-order chi connectivity index (χ0) is 17.6. The van der Waals surface area contributed by atoms with E-state index in [-0.39, 0.29) is 11.9 Å². The van der Waals surface area contributed by atoms with Crippen molar-refractivity contribution in [3.8, 4) is 0 Å². The third kappa shape index (κ3) is 10.2. The monoisotopic (exact) mass is 332 g/mol. The molecule has 1 atom stereocenters. The maximum Gasteiger partial charge on any atom is 0.217 e. The van der Waals surface area contributed by atoms with Gasteiger partial charge in [0.05, 0.1) is 0 Å². The summed E-state index contributed by atoms with van der Waals surface area (Å²) in [5.41, 5.74) is 1.32. The molecule has 0 fully saturated rings. The Morgan fingerprint density at radius 3 is 2.50 bits per heavy atom. The van der Waals surface area contributed by atoms with E-state index < -0.39 is 0 Å². The Morgan fingerprint density at radius 1 is 1.08 bits per heavy atom. The topological polar surface area (TPSA) is 58.2 Å². The lowest BCUT2D eigenvalue weighted by Gasteiger charge is -2.18. The number of Topliss-reactive ketones (excluding diaryl/α,β-unsaturated/α-hetero) is 1. The Bertz CT molecular complexity index is 474. The number of benzene rings is 1. The third-order valence-corrected chi connectivity index (χ3v) is 4.13. The minimum Gasteiger partial charge on any atom is -0.352 e. The number of unbranched alkanes of at least 4 members (excludes halogenated alkanes) is 2. The smallest absolute Gasteiger partial charge is 0.217 e. The molecule has 4 heteroatoms. The van der Waals surface area contributed by atoms with Crippen molar-refractivity contribution in [2.75, 3.05) is 13.1 Å². The molecule has 134 valence electrons. The summed E-state index contributed by atoms with van der Waals surface area (Å²) < 4.78 is 0. The Balaban J connectivity index is 2.19. The van der Waals surface area contributed by atoms with Gasteiger partial charge in [-0.25, -0.2) is 0 Å². The molecule has 1 amide bonds. The molecule has 0 bridgehead atoms. The van der Waals surface area contributed by atoms with E-state index in [1.807, 2.05) is 13.0 Å². The van der Waals surface area contributed by atoms with E-state index in [4.69, 9.17) is 0 Å². The zero-order valence-electron chi connectivity index (χ0n) is 15.1. The molecule has 0 heterocycles. The fraction of sp³-hybridized carbons (Fsp3) is 0.600. The predicted molar refractivity (Wildman–Crippen MR) is 99.0 cm³/mol. The van der Waals surface area contributed by atoms with Crippen LogP contribution in [0.15, 0.2) is 30.3 Å². The average molecular weight is 332 g/mol. The van der Waals surface area contributed by atoms with Crippen LogP contribution in [0.5, 0.6) is 0 Å². The Labute approximate surface area is 146 Å². The van der Waals surface area contributed by atoms with Crippen molar-refractivity contribution < 1.29 is 9.59 Å². The highest BCUT2D eigenvalue weighted by Crippen LogP contribution is 2.07. The van der Waals surface area contributed by atoms with Crippen molar-refractivity contribution >= 4 is 11.7 Å². The first kappa shape index (κ1) is 20.4. The maximum absolute atomic E-state index is 11.3. The number of ketones is 1. The number of carbonyl (C=O) groups excluding carboxylic acids is 2. The van der Waals surface area contributed by atoms with E-state index in [1.54, 1.807) is 6.92 Å². The lowest BCUT2D eigenvalue weighted by atomic mass is 10.0. The minimum atomic E-state index is 0.0195. The van der Waals surface area contributed by atoms with Crippen LogP contribution in [-0.2, 0) is 16.0 Å².